The van der Waals surface area contributed by atoms with E-state index in [0.29, 0.717) is 6.54 Å². The largest absolute Gasteiger partial charge is 0.352 e. The molecule has 1 fully saturated rings. The van der Waals surface area contributed by atoms with Crippen LogP contribution in [-0.2, 0) is 6.54 Å². The van der Waals surface area contributed by atoms with E-state index in [1.165, 1.54) is 11.1 Å². The third-order valence-electron chi connectivity index (χ3n) is 6.22. The van der Waals surface area contributed by atoms with Gasteiger partial charge in [-0.3, -0.25) is 9.97 Å². The van der Waals surface area contributed by atoms with Crippen LogP contribution >= 0.6 is 12.2 Å². The lowest BCUT2D eigenvalue weighted by Crippen LogP contribution is -2.29. The van der Waals surface area contributed by atoms with Gasteiger partial charge in [0, 0.05) is 42.7 Å². The second-order valence-corrected chi connectivity index (χ2v) is 8.85. The molecule has 5 heterocycles. The van der Waals surface area contributed by atoms with E-state index < -0.39 is 0 Å². The molecule has 1 N–H and O–H groups in total. The van der Waals surface area contributed by atoms with Crippen LogP contribution in [0.2, 0.25) is 0 Å². The van der Waals surface area contributed by atoms with Gasteiger partial charge in [0.05, 0.1) is 17.8 Å². The lowest BCUT2D eigenvalue weighted by atomic mass is 9.96. The summed E-state index contributed by atoms with van der Waals surface area (Å²) in [4.78, 5) is 15.7. The minimum absolute atomic E-state index is 0.00896. The molecule has 4 aromatic heterocycles. The third-order valence-corrected chi connectivity index (χ3v) is 6.57. The molecule has 7 heteroatoms. The Morgan fingerprint density at radius 2 is 1.76 bits per heavy atom. The summed E-state index contributed by atoms with van der Waals surface area (Å²) in [5.74, 6) is 0.930. The smallest absolute Gasteiger partial charge is 0.170 e. The van der Waals surface area contributed by atoms with Crippen LogP contribution in [0.3, 0.4) is 0 Å². The van der Waals surface area contributed by atoms with E-state index in [-0.39, 0.29) is 12.1 Å². The summed E-state index contributed by atoms with van der Waals surface area (Å²) in [7, 11) is 0. The molecule has 33 heavy (non-hydrogen) atoms. The van der Waals surface area contributed by atoms with Gasteiger partial charge in [-0.15, -0.1) is 0 Å². The van der Waals surface area contributed by atoms with Crippen LogP contribution in [0.4, 0.5) is 0 Å². The van der Waals surface area contributed by atoms with Crippen molar-refractivity contribution in [1.29, 1.82) is 0 Å². The first-order valence-corrected chi connectivity index (χ1v) is 11.4. The number of nitrogens with zero attached hydrogens (tertiary/aromatic N) is 5. The molecule has 0 radical (unpaired) electrons. The summed E-state index contributed by atoms with van der Waals surface area (Å²) >= 11 is 5.84. The van der Waals surface area contributed by atoms with Crippen LogP contribution in [0.5, 0.6) is 0 Å². The molecular weight excluding hydrogens is 428 g/mol. The highest BCUT2D eigenvalue weighted by molar-refractivity contribution is 7.80. The Labute approximate surface area is 199 Å². The van der Waals surface area contributed by atoms with Crippen molar-refractivity contribution in [3.05, 3.63) is 107 Å². The Bertz CT molecular complexity index is 1280. The Kier molecular flexibility index (Phi) is 5.64. The van der Waals surface area contributed by atoms with Gasteiger partial charge in [-0.2, -0.15) is 0 Å². The van der Waals surface area contributed by atoms with Crippen molar-refractivity contribution in [2.24, 2.45) is 0 Å². The minimum Gasteiger partial charge on any atom is -0.352 e. The van der Waals surface area contributed by atoms with Crippen LogP contribution in [-0.4, -0.2) is 29.5 Å². The van der Waals surface area contributed by atoms with Gasteiger partial charge in [0.25, 0.3) is 0 Å². The Morgan fingerprint density at radius 3 is 2.48 bits per heavy atom. The number of pyridine rings is 3. The Morgan fingerprint density at radius 1 is 0.939 bits per heavy atom. The monoisotopic (exact) mass is 454 g/mol. The maximum atomic E-state index is 5.84. The van der Waals surface area contributed by atoms with E-state index in [9.17, 15) is 0 Å². The fraction of sp³-hybridized carbons (Fsp3) is 0.231. The third kappa shape index (κ3) is 4.00. The van der Waals surface area contributed by atoms with Gasteiger partial charge in [-0.05, 0) is 92.1 Å². The predicted molar refractivity (Wildman–Crippen MR) is 133 cm³/mol. The van der Waals surface area contributed by atoms with E-state index in [1.807, 2.05) is 55.1 Å². The van der Waals surface area contributed by atoms with Crippen molar-refractivity contribution in [3.8, 4) is 5.82 Å². The maximum absolute atomic E-state index is 5.84. The zero-order valence-corrected chi connectivity index (χ0v) is 19.8. The highest BCUT2D eigenvalue weighted by Gasteiger charge is 2.41. The number of hydrogen-bond donors (Lipinski definition) is 1. The molecular formula is C26H26N6S. The van der Waals surface area contributed by atoms with Gasteiger partial charge in [0.2, 0.25) is 0 Å². The Balaban J connectivity index is 1.62. The van der Waals surface area contributed by atoms with Crippen molar-refractivity contribution >= 4 is 17.3 Å². The molecule has 0 aliphatic carbocycles. The SMILES string of the molecule is Cc1ccnc(-n2c(C)cc(C3C(c4ccccn4)NC(=S)N3Cc3ccncc3)c2C)c1. The van der Waals surface area contributed by atoms with Gasteiger partial charge in [-0.1, -0.05) is 6.07 Å². The number of aryl methyl sites for hydroxylation is 2. The van der Waals surface area contributed by atoms with Crippen LogP contribution in [0.25, 0.3) is 5.82 Å². The van der Waals surface area contributed by atoms with E-state index in [1.54, 1.807) is 0 Å². The first-order valence-electron chi connectivity index (χ1n) is 11.0. The molecule has 4 aromatic rings. The molecule has 166 valence electrons. The second kappa shape index (κ2) is 8.75. The van der Waals surface area contributed by atoms with Gasteiger partial charge in [0.15, 0.2) is 5.11 Å². The van der Waals surface area contributed by atoms with Gasteiger partial charge >= 0.3 is 0 Å². The van der Waals surface area contributed by atoms with Crippen molar-refractivity contribution in [3.63, 3.8) is 0 Å². The standard InChI is InChI=1S/C26H26N6S/c1-17-7-13-29-23(14-17)32-18(2)15-21(19(32)3)25-24(22-6-4-5-10-28-22)30-26(33)31(25)16-20-8-11-27-12-9-20/h4-15,24-25H,16H2,1-3H3,(H,30,33). The van der Waals surface area contributed by atoms with Gasteiger partial charge < -0.3 is 14.8 Å². The molecule has 0 aromatic carbocycles. The molecule has 0 saturated carbocycles. The average Bonchev–Trinajstić information content (AvgIpc) is 3.30. The normalized spacial score (nSPS) is 17.9. The van der Waals surface area contributed by atoms with Crippen LogP contribution < -0.4 is 5.32 Å². The van der Waals surface area contributed by atoms with E-state index in [0.717, 1.165) is 33.6 Å². The molecule has 2 unspecified atom stereocenters. The van der Waals surface area contributed by atoms with Crippen molar-refractivity contribution in [1.82, 2.24) is 29.7 Å². The number of hydrogen-bond acceptors (Lipinski definition) is 4. The summed E-state index contributed by atoms with van der Waals surface area (Å²) in [5, 5.41) is 4.28. The predicted octanol–water partition coefficient (Wildman–Crippen LogP) is 4.76. The topological polar surface area (TPSA) is 58.9 Å². The lowest BCUT2D eigenvalue weighted by Gasteiger charge is -2.28. The molecule has 2 atom stereocenters. The van der Waals surface area contributed by atoms with Gasteiger partial charge in [0.1, 0.15) is 5.82 Å². The summed E-state index contributed by atoms with van der Waals surface area (Å²) in [6.07, 6.45) is 7.34. The van der Waals surface area contributed by atoms with Crippen LogP contribution in [0, 0.1) is 20.8 Å². The number of rotatable bonds is 5. The summed E-state index contributed by atoms with van der Waals surface area (Å²) in [6, 6.07) is 16.4. The summed E-state index contributed by atoms with van der Waals surface area (Å²) in [5.41, 5.74) is 6.83. The van der Waals surface area contributed by atoms with E-state index in [4.69, 9.17) is 12.2 Å². The molecule has 0 bridgehead atoms. The molecule has 1 aliphatic rings. The lowest BCUT2D eigenvalue weighted by molar-refractivity contribution is 0.310. The average molecular weight is 455 g/mol. The van der Waals surface area contributed by atoms with Crippen LogP contribution in [0.15, 0.2) is 73.3 Å². The van der Waals surface area contributed by atoms with Crippen LogP contribution in [0.1, 0.15) is 45.9 Å². The van der Waals surface area contributed by atoms with E-state index >= 15 is 0 Å². The zero-order chi connectivity index (χ0) is 22.9. The minimum atomic E-state index is -0.0556. The number of thiocarbonyl (C=S) groups is 1. The Hall–Kier alpha value is -3.58. The first-order chi connectivity index (χ1) is 16.0. The molecule has 5 rings (SSSR count). The molecule has 6 nitrogen and oxygen atoms in total. The summed E-state index contributed by atoms with van der Waals surface area (Å²) < 4.78 is 2.23. The number of aromatic nitrogens is 4. The molecule has 0 spiro atoms. The fourth-order valence-corrected chi connectivity index (χ4v) is 4.99. The second-order valence-electron chi connectivity index (χ2n) is 8.46. The molecule has 1 aliphatic heterocycles. The van der Waals surface area contributed by atoms with Gasteiger partial charge in [-0.25, -0.2) is 4.98 Å². The first kappa shape index (κ1) is 21.3. The highest BCUT2D eigenvalue weighted by Crippen LogP contribution is 2.42. The van der Waals surface area contributed by atoms with Crippen molar-refractivity contribution in [2.45, 2.75) is 39.4 Å². The van der Waals surface area contributed by atoms with Crippen molar-refractivity contribution < 1.29 is 0 Å². The fourth-order valence-electron chi connectivity index (χ4n) is 4.68. The highest BCUT2D eigenvalue weighted by atomic mass is 32.1. The number of nitrogens with one attached hydrogen (secondary N) is 1. The maximum Gasteiger partial charge on any atom is 0.170 e. The molecule has 0 amide bonds. The van der Waals surface area contributed by atoms with Crippen molar-refractivity contribution in [2.75, 3.05) is 0 Å². The summed E-state index contributed by atoms with van der Waals surface area (Å²) in [6.45, 7) is 7.07. The van der Waals surface area contributed by atoms with E-state index in [2.05, 4.69) is 68.7 Å². The zero-order valence-electron chi connectivity index (χ0n) is 18.9. The molecule has 1 saturated heterocycles. The quantitative estimate of drug-likeness (QED) is 0.439.